The van der Waals surface area contributed by atoms with Crippen LogP contribution in [0.3, 0.4) is 0 Å². The van der Waals surface area contributed by atoms with Crippen molar-refractivity contribution in [2.24, 2.45) is 5.92 Å². The number of rotatable bonds is 15. The number of aliphatic hydroxyl groups excluding tert-OH is 1. The molecule has 1 fully saturated rings. The van der Waals surface area contributed by atoms with Gasteiger partial charge in [0.2, 0.25) is 23.6 Å². The highest BCUT2D eigenvalue weighted by molar-refractivity contribution is 5.96. The van der Waals surface area contributed by atoms with Gasteiger partial charge in [-0.2, -0.15) is 0 Å². The fraction of sp³-hybridized carbons (Fsp3) is 0.760. The summed E-state index contributed by atoms with van der Waals surface area (Å²) in [6.45, 7) is 8.34. The van der Waals surface area contributed by atoms with Crippen LogP contribution in [0.4, 0.5) is 0 Å². The molecule has 0 radical (unpaired) electrons. The third kappa shape index (κ3) is 10.0. The first-order valence-corrected chi connectivity index (χ1v) is 13.0. The van der Waals surface area contributed by atoms with Gasteiger partial charge in [0, 0.05) is 13.0 Å². The maximum Gasteiger partial charge on any atom is 0.303 e. The summed E-state index contributed by atoms with van der Waals surface area (Å²) in [5.41, 5.74) is 0. The Bertz CT molecular complexity index is 878. The summed E-state index contributed by atoms with van der Waals surface area (Å²) in [5, 5.41) is 29.5. The number of hydrogen-bond acceptors (Lipinski definition) is 8. The first-order chi connectivity index (χ1) is 17.7. The topological polar surface area (TPSA) is 194 Å². The maximum atomic E-state index is 13.2. The van der Waals surface area contributed by atoms with Crippen LogP contribution in [0.2, 0.25) is 0 Å². The number of ketones is 1. The van der Waals surface area contributed by atoms with Crippen LogP contribution in [-0.4, -0.2) is 100 Å². The summed E-state index contributed by atoms with van der Waals surface area (Å²) in [4.78, 5) is 76.1. The van der Waals surface area contributed by atoms with Crippen LogP contribution >= 0.6 is 0 Å². The lowest BCUT2D eigenvalue weighted by molar-refractivity contribution is -0.142. The largest absolute Gasteiger partial charge is 0.481 e. The van der Waals surface area contributed by atoms with Gasteiger partial charge in [0.1, 0.15) is 18.1 Å². The molecule has 216 valence electrons. The molecule has 0 saturated carbocycles. The number of carboxylic acids is 1. The van der Waals surface area contributed by atoms with E-state index in [9.17, 15) is 33.9 Å². The van der Waals surface area contributed by atoms with E-state index in [1.54, 1.807) is 7.05 Å². The molecule has 4 amide bonds. The molecule has 1 aliphatic rings. The van der Waals surface area contributed by atoms with E-state index in [-0.39, 0.29) is 24.0 Å². The summed E-state index contributed by atoms with van der Waals surface area (Å²) in [7, 11) is 1.67. The van der Waals surface area contributed by atoms with Gasteiger partial charge < -0.3 is 36.4 Å². The zero-order chi connectivity index (χ0) is 29.2. The van der Waals surface area contributed by atoms with Gasteiger partial charge in [0.15, 0.2) is 5.78 Å². The first-order valence-electron chi connectivity index (χ1n) is 13.0. The SMILES string of the molecule is CN[C@@H](CC(C)C)C(=O)N1CCC[C@H]1C(=O)N[C@@H](CCC(=O)O)C(=O)NC(C(=O)N[C@@H](C)C(C)=O)C(C)O. The molecule has 1 saturated heterocycles. The Morgan fingerprint density at radius 3 is 2.08 bits per heavy atom. The van der Waals surface area contributed by atoms with Gasteiger partial charge in [0.05, 0.1) is 18.2 Å². The number of carbonyl (C=O) groups is 6. The van der Waals surface area contributed by atoms with Crippen LogP contribution in [0.25, 0.3) is 0 Å². The molecular weight excluding hydrogens is 498 g/mol. The predicted molar refractivity (Wildman–Crippen MR) is 138 cm³/mol. The number of hydrogen-bond donors (Lipinski definition) is 6. The van der Waals surface area contributed by atoms with Gasteiger partial charge in [0.25, 0.3) is 0 Å². The van der Waals surface area contributed by atoms with Crippen LogP contribution in [0.15, 0.2) is 0 Å². The number of carboxylic acid groups (broad SMARTS) is 1. The minimum atomic E-state index is -1.45. The number of likely N-dealkylation sites (tertiary alicyclic amines) is 1. The van der Waals surface area contributed by atoms with Crippen LogP contribution in [0.1, 0.15) is 66.7 Å². The number of nitrogens with one attached hydrogen (secondary N) is 4. The average Bonchev–Trinajstić information content (AvgIpc) is 3.32. The molecule has 2 unspecified atom stereocenters. The smallest absolute Gasteiger partial charge is 0.303 e. The Morgan fingerprint density at radius 1 is 0.947 bits per heavy atom. The molecule has 0 aromatic heterocycles. The molecule has 1 rings (SSSR count). The van der Waals surface area contributed by atoms with E-state index < -0.39 is 66.4 Å². The second-order valence-electron chi connectivity index (χ2n) is 10.2. The quantitative estimate of drug-likeness (QED) is 0.149. The molecule has 0 spiro atoms. The third-order valence-corrected chi connectivity index (χ3v) is 6.50. The first kappa shape index (κ1) is 33.0. The van der Waals surface area contributed by atoms with Crippen LogP contribution in [0.5, 0.6) is 0 Å². The standard InChI is InChI=1S/C25H43N5O8/c1-13(2)12-18(26-6)25(38)30-11-7-8-19(30)23(36)28-17(9-10-20(33)34)22(35)29-21(16(5)32)24(37)27-14(3)15(4)31/h13-14,16-19,21,26,32H,7-12H2,1-6H3,(H,27,37)(H,28,36)(H,29,35)(H,33,34)/t14-,16?,17-,18-,19-,21?/m0/s1. The summed E-state index contributed by atoms with van der Waals surface area (Å²) >= 11 is 0. The van der Waals surface area contributed by atoms with Gasteiger partial charge in [-0.1, -0.05) is 13.8 Å². The Balaban J connectivity index is 3.05. The maximum absolute atomic E-state index is 13.2. The van der Waals surface area contributed by atoms with Crippen molar-refractivity contribution in [2.45, 2.75) is 103 Å². The van der Waals surface area contributed by atoms with Gasteiger partial charge >= 0.3 is 5.97 Å². The molecule has 0 aromatic rings. The molecule has 0 bridgehead atoms. The average molecular weight is 542 g/mol. The predicted octanol–water partition coefficient (Wildman–Crippen LogP) is -1.08. The Hall–Kier alpha value is -3.06. The Morgan fingerprint density at radius 2 is 1.58 bits per heavy atom. The molecule has 13 heteroatoms. The monoisotopic (exact) mass is 541 g/mol. The van der Waals surface area contributed by atoms with Crippen LogP contribution < -0.4 is 21.3 Å². The Kier molecular flexibility index (Phi) is 13.3. The highest BCUT2D eigenvalue weighted by atomic mass is 16.4. The zero-order valence-corrected chi connectivity index (χ0v) is 23.1. The van der Waals surface area contributed by atoms with Gasteiger partial charge in [-0.05, 0) is 59.4 Å². The number of nitrogens with zero attached hydrogens (tertiary/aromatic N) is 1. The second-order valence-corrected chi connectivity index (χ2v) is 10.2. The van der Waals surface area contributed by atoms with Crippen LogP contribution in [-0.2, 0) is 28.8 Å². The molecule has 0 aliphatic carbocycles. The van der Waals surface area contributed by atoms with Crippen molar-refractivity contribution < 1.29 is 39.0 Å². The number of likely N-dealkylation sites (N-methyl/N-ethyl adjacent to an activating group) is 1. The van der Waals surface area contributed by atoms with E-state index in [1.807, 2.05) is 13.8 Å². The molecule has 6 N–H and O–H groups in total. The number of amides is 4. The molecule has 1 aliphatic heterocycles. The molecule has 0 aromatic carbocycles. The molecule has 38 heavy (non-hydrogen) atoms. The number of Topliss-reactive ketones (excluding diaryl/α,β-unsaturated/α-hetero) is 1. The number of aliphatic hydroxyl groups is 1. The van der Waals surface area contributed by atoms with E-state index >= 15 is 0 Å². The van der Waals surface area contributed by atoms with Crippen molar-refractivity contribution in [3.63, 3.8) is 0 Å². The molecule has 6 atom stereocenters. The van der Waals surface area contributed by atoms with E-state index in [4.69, 9.17) is 5.11 Å². The summed E-state index contributed by atoms with van der Waals surface area (Å²) in [5.74, 6) is -3.80. The van der Waals surface area contributed by atoms with E-state index in [1.165, 1.54) is 25.7 Å². The minimum absolute atomic E-state index is 0.226. The van der Waals surface area contributed by atoms with Crippen molar-refractivity contribution in [1.82, 2.24) is 26.2 Å². The van der Waals surface area contributed by atoms with E-state index in [0.29, 0.717) is 25.8 Å². The van der Waals surface area contributed by atoms with Crippen molar-refractivity contribution in [3.8, 4) is 0 Å². The molecule has 13 nitrogen and oxygen atoms in total. The number of carbonyl (C=O) groups excluding carboxylic acids is 5. The van der Waals surface area contributed by atoms with Crippen molar-refractivity contribution >= 4 is 35.4 Å². The van der Waals surface area contributed by atoms with Crippen LogP contribution in [0, 0.1) is 5.92 Å². The fourth-order valence-electron chi connectivity index (χ4n) is 4.19. The summed E-state index contributed by atoms with van der Waals surface area (Å²) < 4.78 is 0. The summed E-state index contributed by atoms with van der Waals surface area (Å²) in [6.07, 6.45) is -0.532. The van der Waals surface area contributed by atoms with Gasteiger partial charge in [-0.15, -0.1) is 0 Å². The lowest BCUT2D eigenvalue weighted by atomic mass is 10.0. The highest BCUT2D eigenvalue weighted by Crippen LogP contribution is 2.21. The van der Waals surface area contributed by atoms with Gasteiger partial charge in [-0.25, -0.2) is 0 Å². The zero-order valence-electron chi connectivity index (χ0n) is 23.1. The van der Waals surface area contributed by atoms with Crippen molar-refractivity contribution in [2.75, 3.05) is 13.6 Å². The van der Waals surface area contributed by atoms with Crippen molar-refractivity contribution in [3.05, 3.63) is 0 Å². The molecule has 1 heterocycles. The number of aliphatic carboxylic acids is 1. The normalized spacial score (nSPS) is 19.2. The van der Waals surface area contributed by atoms with E-state index in [0.717, 1.165) is 0 Å². The lowest BCUT2D eigenvalue weighted by Crippen LogP contribution is -2.60. The Labute approximate surface area is 223 Å². The van der Waals surface area contributed by atoms with Gasteiger partial charge in [-0.3, -0.25) is 28.8 Å². The lowest BCUT2D eigenvalue weighted by Gasteiger charge is -2.30. The summed E-state index contributed by atoms with van der Waals surface area (Å²) in [6, 6.07) is -4.96. The highest BCUT2D eigenvalue weighted by Gasteiger charge is 2.39. The van der Waals surface area contributed by atoms with Crippen molar-refractivity contribution in [1.29, 1.82) is 0 Å². The second kappa shape index (κ2) is 15.4. The van der Waals surface area contributed by atoms with E-state index in [2.05, 4.69) is 21.3 Å². The fourth-order valence-corrected chi connectivity index (χ4v) is 4.19. The minimum Gasteiger partial charge on any atom is -0.481 e. The molecular formula is C25H43N5O8. The third-order valence-electron chi connectivity index (χ3n) is 6.50.